The molecule has 0 radical (unpaired) electrons. The maximum atomic E-state index is 14.5. The van der Waals surface area contributed by atoms with Crippen molar-refractivity contribution in [3.63, 3.8) is 0 Å². The molecule has 1 heterocycles. The molecule has 2 aromatic rings. The molecule has 34 heavy (non-hydrogen) atoms. The maximum absolute atomic E-state index is 14.5. The summed E-state index contributed by atoms with van der Waals surface area (Å²) in [7, 11) is 3.12. The number of benzene rings is 2. The van der Waals surface area contributed by atoms with E-state index in [0.29, 0.717) is 36.6 Å². The van der Waals surface area contributed by atoms with E-state index < -0.39 is 11.9 Å². The molecule has 3 rings (SSSR count). The molecule has 0 fully saturated rings. The summed E-state index contributed by atoms with van der Waals surface area (Å²) in [4.78, 5) is 27.4. The normalized spacial score (nSPS) is 15.1. The van der Waals surface area contributed by atoms with Gasteiger partial charge < -0.3 is 19.7 Å². The van der Waals surface area contributed by atoms with Crippen LogP contribution in [0.3, 0.4) is 0 Å². The Morgan fingerprint density at radius 2 is 1.91 bits per heavy atom. The van der Waals surface area contributed by atoms with Gasteiger partial charge in [0.1, 0.15) is 18.1 Å². The summed E-state index contributed by atoms with van der Waals surface area (Å²) in [5.74, 6) is -0.0761. The van der Waals surface area contributed by atoms with E-state index in [4.69, 9.17) is 9.47 Å². The van der Waals surface area contributed by atoms with E-state index in [1.807, 2.05) is 31.2 Å². The molecule has 0 aliphatic carbocycles. The van der Waals surface area contributed by atoms with Crippen molar-refractivity contribution in [1.29, 1.82) is 0 Å². The van der Waals surface area contributed by atoms with Crippen molar-refractivity contribution in [3.8, 4) is 5.75 Å². The van der Waals surface area contributed by atoms with E-state index in [9.17, 15) is 14.0 Å². The first kappa shape index (κ1) is 25.2. The minimum absolute atomic E-state index is 0.181. The summed E-state index contributed by atoms with van der Waals surface area (Å²) in [6.07, 6.45) is 1.12. The van der Waals surface area contributed by atoms with Gasteiger partial charge in [0.05, 0.1) is 25.5 Å². The fraction of sp³-hybridized carbons (Fsp3) is 0.400. The van der Waals surface area contributed by atoms with Crippen LogP contribution < -0.4 is 10.1 Å². The van der Waals surface area contributed by atoms with Gasteiger partial charge in [0, 0.05) is 32.2 Å². The van der Waals surface area contributed by atoms with Gasteiger partial charge in [-0.15, -0.1) is 0 Å². The van der Waals surface area contributed by atoms with Crippen LogP contribution in [0.4, 0.5) is 9.18 Å². The van der Waals surface area contributed by atoms with Crippen molar-refractivity contribution in [3.05, 3.63) is 65.5 Å². The van der Waals surface area contributed by atoms with Crippen molar-refractivity contribution >= 4 is 17.6 Å². The molecule has 0 aromatic heterocycles. The zero-order chi connectivity index (χ0) is 24.5. The van der Waals surface area contributed by atoms with Crippen molar-refractivity contribution < 1.29 is 23.5 Å². The minimum Gasteiger partial charge on any atom is -0.497 e. The van der Waals surface area contributed by atoms with Crippen molar-refractivity contribution in [2.75, 3.05) is 40.5 Å². The van der Waals surface area contributed by atoms with E-state index in [0.717, 1.165) is 12.0 Å². The first-order valence-electron chi connectivity index (χ1n) is 11.3. The van der Waals surface area contributed by atoms with Crippen LogP contribution in [-0.4, -0.2) is 68.0 Å². The number of nitrogens with zero attached hydrogens (tertiary/aromatic N) is 3. The lowest BCUT2D eigenvalue weighted by atomic mass is 9.98. The average molecular weight is 471 g/mol. The zero-order valence-corrected chi connectivity index (χ0v) is 19.8. The summed E-state index contributed by atoms with van der Waals surface area (Å²) in [5.41, 5.74) is 1.67. The van der Waals surface area contributed by atoms with Gasteiger partial charge in [-0.05, 0) is 30.2 Å². The van der Waals surface area contributed by atoms with Crippen molar-refractivity contribution in [1.82, 2.24) is 15.2 Å². The highest BCUT2D eigenvalue weighted by atomic mass is 19.1. The Kier molecular flexibility index (Phi) is 8.98. The topological polar surface area (TPSA) is 83.5 Å². The number of urea groups is 1. The van der Waals surface area contributed by atoms with Gasteiger partial charge in [0.2, 0.25) is 0 Å². The molecule has 9 heteroatoms. The van der Waals surface area contributed by atoms with Gasteiger partial charge in [0.25, 0.3) is 5.91 Å². The van der Waals surface area contributed by atoms with E-state index in [2.05, 4.69) is 10.4 Å². The Morgan fingerprint density at radius 1 is 1.18 bits per heavy atom. The number of hydrogen-bond acceptors (Lipinski definition) is 5. The number of carbonyl (C=O) groups is 2. The second-order valence-electron chi connectivity index (χ2n) is 7.90. The molecule has 182 valence electrons. The lowest BCUT2D eigenvalue weighted by molar-refractivity contribution is -0.133. The first-order chi connectivity index (χ1) is 16.5. The second-order valence-corrected chi connectivity index (χ2v) is 7.90. The van der Waals surface area contributed by atoms with E-state index >= 15 is 0 Å². The Bertz CT molecular complexity index is 1010. The number of rotatable bonds is 10. The van der Waals surface area contributed by atoms with Crippen LogP contribution in [0.25, 0.3) is 0 Å². The van der Waals surface area contributed by atoms with Crippen LogP contribution >= 0.6 is 0 Å². The monoisotopic (exact) mass is 470 g/mol. The highest BCUT2D eigenvalue weighted by Crippen LogP contribution is 2.34. The second kappa shape index (κ2) is 12.1. The molecular formula is C25H31FN4O4. The molecule has 3 amide bonds. The predicted octanol–water partition coefficient (Wildman–Crippen LogP) is 3.58. The van der Waals surface area contributed by atoms with Crippen LogP contribution in [0.2, 0.25) is 0 Å². The van der Waals surface area contributed by atoms with E-state index in [1.54, 1.807) is 25.3 Å². The molecule has 8 nitrogen and oxygen atoms in total. The summed E-state index contributed by atoms with van der Waals surface area (Å²) >= 11 is 0. The number of nitrogens with one attached hydrogen (secondary N) is 1. The molecule has 0 spiro atoms. The fourth-order valence-corrected chi connectivity index (χ4v) is 3.72. The van der Waals surface area contributed by atoms with Crippen molar-refractivity contribution in [2.24, 2.45) is 5.10 Å². The van der Waals surface area contributed by atoms with E-state index in [1.165, 1.54) is 23.1 Å². The third-order valence-corrected chi connectivity index (χ3v) is 5.56. The van der Waals surface area contributed by atoms with Gasteiger partial charge in [-0.1, -0.05) is 37.3 Å². The molecule has 2 aromatic carbocycles. The first-order valence-corrected chi connectivity index (χ1v) is 11.3. The van der Waals surface area contributed by atoms with Crippen LogP contribution in [0.5, 0.6) is 5.75 Å². The number of carbonyl (C=O) groups excluding carboxylic acids is 2. The molecule has 1 aliphatic heterocycles. The predicted molar refractivity (Wildman–Crippen MR) is 127 cm³/mol. The molecule has 0 saturated heterocycles. The molecule has 0 bridgehead atoms. The smallest absolute Gasteiger partial charge is 0.317 e. The SMILES string of the molecule is CCCNC(=O)N(CCOC)CC(=O)N1N=C(c2ccccc2F)C[C@H]1c1ccc(OC)cc1. The van der Waals surface area contributed by atoms with Gasteiger partial charge >= 0.3 is 6.03 Å². The Labute approximate surface area is 199 Å². The van der Waals surface area contributed by atoms with Crippen LogP contribution in [0, 0.1) is 5.82 Å². The molecule has 1 aliphatic rings. The van der Waals surface area contributed by atoms with Gasteiger partial charge in [-0.2, -0.15) is 5.10 Å². The number of hydrazone groups is 1. The molecule has 0 saturated carbocycles. The highest BCUT2D eigenvalue weighted by Gasteiger charge is 2.35. The Balaban J connectivity index is 1.88. The highest BCUT2D eigenvalue weighted by molar-refractivity contribution is 6.03. The lowest BCUT2D eigenvalue weighted by Crippen LogP contribution is -2.47. The number of halogens is 1. The zero-order valence-electron chi connectivity index (χ0n) is 19.8. The summed E-state index contributed by atoms with van der Waals surface area (Å²) in [5, 5.41) is 8.67. The summed E-state index contributed by atoms with van der Waals surface area (Å²) < 4.78 is 24.8. The number of amides is 3. The minimum atomic E-state index is -0.434. The summed E-state index contributed by atoms with van der Waals surface area (Å²) in [6, 6.07) is 12.9. The number of methoxy groups -OCH3 is 2. The number of hydrogen-bond donors (Lipinski definition) is 1. The largest absolute Gasteiger partial charge is 0.497 e. The van der Waals surface area contributed by atoms with E-state index in [-0.39, 0.29) is 25.0 Å². The Morgan fingerprint density at radius 3 is 2.56 bits per heavy atom. The Hall–Kier alpha value is -3.46. The van der Waals surface area contributed by atoms with Gasteiger partial charge in [-0.25, -0.2) is 14.2 Å². The third-order valence-electron chi connectivity index (χ3n) is 5.56. The van der Waals surface area contributed by atoms with Crippen molar-refractivity contribution in [2.45, 2.75) is 25.8 Å². The van der Waals surface area contributed by atoms with Crippen LogP contribution in [0.15, 0.2) is 53.6 Å². The maximum Gasteiger partial charge on any atom is 0.317 e. The lowest BCUT2D eigenvalue weighted by Gasteiger charge is -2.27. The van der Waals surface area contributed by atoms with Gasteiger partial charge in [0.15, 0.2) is 0 Å². The van der Waals surface area contributed by atoms with Crippen LogP contribution in [-0.2, 0) is 9.53 Å². The van der Waals surface area contributed by atoms with Crippen LogP contribution in [0.1, 0.15) is 36.9 Å². The molecule has 0 unspecified atom stereocenters. The third kappa shape index (κ3) is 6.11. The average Bonchev–Trinajstić information content (AvgIpc) is 3.30. The summed E-state index contributed by atoms with van der Waals surface area (Å²) in [6.45, 7) is 2.82. The van der Waals surface area contributed by atoms with Gasteiger partial charge in [-0.3, -0.25) is 4.79 Å². The standard InChI is InChI=1S/C25H31FN4O4/c1-4-13-27-25(32)29(14-15-33-2)17-24(31)30-23(18-9-11-19(34-3)12-10-18)16-22(28-30)20-7-5-6-8-21(20)26/h5-12,23H,4,13-17H2,1-3H3,(H,27,32)/t23-/m0/s1. The number of ether oxygens (including phenoxy) is 2. The molecule has 1 atom stereocenters. The molecular weight excluding hydrogens is 439 g/mol. The fourth-order valence-electron chi connectivity index (χ4n) is 3.72. The molecule has 1 N–H and O–H groups in total. The quantitative estimate of drug-likeness (QED) is 0.575.